The van der Waals surface area contributed by atoms with Gasteiger partial charge in [0.1, 0.15) is 0 Å². The molecule has 0 aliphatic heterocycles. The first-order valence-electron chi connectivity index (χ1n) is 4.60. The Morgan fingerprint density at radius 2 is 2.27 bits per heavy atom. The number of hydrogen-bond donors (Lipinski definition) is 2. The summed E-state index contributed by atoms with van der Waals surface area (Å²) in [6.45, 7) is 3.19. The normalized spacial score (nSPS) is 34.1. The van der Waals surface area contributed by atoms with Gasteiger partial charge in [0.2, 0.25) is 0 Å². The molecule has 66 valence electrons. The van der Waals surface area contributed by atoms with Crippen molar-refractivity contribution in [1.29, 1.82) is 0 Å². The van der Waals surface area contributed by atoms with E-state index in [-0.39, 0.29) is 6.61 Å². The van der Waals surface area contributed by atoms with Crippen LogP contribution in [0.15, 0.2) is 0 Å². The lowest BCUT2D eigenvalue weighted by atomic mass is 9.85. The Bertz CT molecular complexity index is 112. The van der Waals surface area contributed by atoms with Gasteiger partial charge >= 0.3 is 0 Å². The van der Waals surface area contributed by atoms with E-state index in [0.717, 1.165) is 5.92 Å². The zero-order valence-electron chi connectivity index (χ0n) is 7.29. The fraction of sp³-hybridized carbons (Fsp3) is 1.00. The Morgan fingerprint density at radius 3 is 2.64 bits per heavy atom. The number of hydrogen-bond acceptors (Lipinski definition) is 2. The summed E-state index contributed by atoms with van der Waals surface area (Å²) in [5.74, 6) is 1.81. The van der Waals surface area contributed by atoms with E-state index < -0.39 is 0 Å². The summed E-state index contributed by atoms with van der Waals surface area (Å²) in [6, 6.07) is 0. The highest BCUT2D eigenvalue weighted by Gasteiger charge is 2.29. The molecule has 0 heterocycles. The third-order valence-corrected chi connectivity index (χ3v) is 3.07. The van der Waals surface area contributed by atoms with Crippen molar-refractivity contribution in [2.45, 2.75) is 26.2 Å². The lowest BCUT2D eigenvalue weighted by Crippen LogP contribution is -2.28. The topological polar surface area (TPSA) is 46.2 Å². The van der Waals surface area contributed by atoms with E-state index in [9.17, 15) is 0 Å². The summed E-state index contributed by atoms with van der Waals surface area (Å²) < 4.78 is 0. The second-order valence-electron chi connectivity index (χ2n) is 3.75. The van der Waals surface area contributed by atoms with Gasteiger partial charge in [-0.1, -0.05) is 19.8 Å². The molecule has 0 bridgehead atoms. The molecule has 2 heteroatoms. The Labute approximate surface area is 68.8 Å². The lowest BCUT2D eigenvalue weighted by Gasteiger charge is -2.23. The molecule has 1 saturated carbocycles. The minimum absolute atomic E-state index is 0.269. The highest BCUT2D eigenvalue weighted by Crippen LogP contribution is 2.35. The van der Waals surface area contributed by atoms with Crippen LogP contribution >= 0.6 is 0 Å². The fourth-order valence-electron chi connectivity index (χ4n) is 2.26. The SMILES string of the molecule is CC1CCCC1C(CN)CO. The van der Waals surface area contributed by atoms with Gasteiger partial charge in [-0.25, -0.2) is 0 Å². The van der Waals surface area contributed by atoms with Crippen LogP contribution in [0.3, 0.4) is 0 Å². The third-order valence-electron chi connectivity index (χ3n) is 3.07. The third kappa shape index (κ3) is 1.94. The molecule has 1 aliphatic rings. The fourth-order valence-corrected chi connectivity index (χ4v) is 2.26. The number of aliphatic hydroxyl groups excluding tert-OH is 1. The van der Waals surface area contributed by atoms with Gasteiger partial charge in [-0.05, 0) is 30.7 Å². The predicted molar refractivity (Wildman–Crippen MR) is 46.1 cm³/mol. The van der Waals surface area contributed by atoms with Crippen LogP contribution in [0.5, 0.6) is 0 Å². The highest BCUT2D eigenvalue weighted by atomic mass is 16.3. The van der Waals surface area contributed by atoms with Crippen molar-refractivity contribution in [1.82, 2.24) is 0 Å². The Morgan fingerprint density at radius 1 is 1.55 bits per heavy atom. The van der Waals surface area contributed by atoms with E-state index in [1.165, 1.54) is 19.3 Å². The second kappa shape index (κ2) is 4.07. The van der Waals surface area contributed by atoms with Crippen molar-refractivity contribution < 1.29 is 5.11 Å². The molecule has 1 rings (SSSR count). The van der Waals surface area contributed by atoms with Crippen molar-refractivity contribution in [3.05, 3.63) is 0 Å². The first-order chi connectivity index (χ1) is 5.29. The summed E-state index contributed by atoms with van der Waals surface area (Å²) in [4.78, 5) is 0. The van der Waals surface area contributed by atoms with Gasteiger partial charge in [0.05, 0.1) is 0 Å². The summed E-state index contributed by atoms with van der Waals surface area (Å²) in [5, 5.41) is 9.02. The molecule has 0 aromatic rings. The maximum Gasteiger partial charge on any atom is 0.0474 e. The average Bonchev–Trinajstić information content (AvgIpc) is 2.40. The van der Waals surface area contributed by atoms with Gasteiger partial charge in [-0.15, -0.1) is 0 Å². The van der Waals surface area contributed by atoms with Crippen LogP contribution in [0.2, 0.25) is 0 Å². The van der Waals surface area contributed by atoms with Crippen LogP contribution < -0.4 is 5.73 Å². The van der Waals surface area contributed by atoms with Gasteiger partial charge in [0.15, 0.2) is 0 Å². The number of aliphatic hydroxyl groups is 1. The second-order valence-corrected chi connectivity index (χ2v) is 3.75. The summed E-state index contributed by atoms with van der Waals surface area (Å²) in [6.07, 6.45) is 3.91. The molecule has 0 aromatic carbocycles. The van der Waals surface area contributed by atoms with Crippen LogP contribution in [0, 0.1) is 17.8 Å². The van der Waals surface area contributed by atoms with Crippen LogP contribution in [0.4, 0.5) is 0 Å². The van der Waals surface area contributed by atoms with Crippen LogP contribution in [-0.2, 0) is 0 Å². The molecular weight excluding hydrogens is 138 g/mol. The first-order valence-corrected chi connectivity index (χ1v) is 4.60. The van der Waals surface area contributed by atoms with Crippen molar-refractivity contribution in [3.8, 4) is 0 Å². The average molecular weight is 157 g/mol. The zero-order chi connectivity index (χ0) is 8.27. The first kappa shape index (κ1) is 9.01. The summed E-state index contributed by atoms with van der Waals surface area (Å²) in [7, 11) is 0. The molecule has 3 N–H and O–H groups in total. The van der Waals surface area contributed by atoms with Crippen LogP contribution in [-0.4, -0.2) is 18.3 Å². The maximum absolute atomic E-state index is 9.02. The van der Waals surface area contributed by atoms with Crippen LogP contribution in [0.1, 0.15) is 26.2 Å². The molecule has 0 amide bonds. The van der Waals surface area contributed by atoms with E-state index in [1.807, 2.05) is 0 Å². The molecule has 3 atom stereocenters. The minimum Gasteiger partial charge on any atom is -0.396 e. The molecule has 3 unspecified atom stereocenters. The minimum atomic E-state index is 0.269. The van der Waals surface area contributed by atoms with Gasteiger partial charge in [0, 0.05) is 6.61 Å². The highest BCUT2D eigenvalue weighted by molar-refractivity contribution is 4.80. The number of rotatable bonds is 3. The Hall–Kier alpha value is -0.0800. The van der Waals surface area contributed by atoms with Gasteiger partial charge in [-0.3, -0.25) is 0 Å². The molecule has 2 nitrogen and oxygen atoms in total. The maximum atomic E-state index is 9.02. The molecule has 0 aromatic heterocycles. The summed E-state index contributed by atoms with van der Waals surface area (Å²) >= 11 is 0. The van der Waals surface area contributed by atoms with Crippen LogP contribution in [0.25, 0.3) is 0 Å². The molecule has 1 aliphatic carbocycles. The molecule has 0 saturated heterocycles. The standard InChI is InChI=1S/C9H19NO/c1-7-3-2-4-9(7)8(5-10)6-11/h7-9,11H,2-6,10H2,1H3. The Kier molecular flexibility index (Phi) is 3.34. The van der Waals surface area contributed by atoms with E-state index >= 15 is 0 Å². The van der Waals surface area contributed by atoms with Crippen molar-refractivity contribution in [2.24, 2.45) is 23.5 Å². The van der Waals surface area contributed by atoms with E-state index in [2.05, 4.69) is 6.92 Å². The Balaban J connectivity index is 2.43. The predicted octanol–water partition coefficient (Wildman–Crippen LogP) is 0.990. The zero-order valence-corrected chi connectivity index (χ0v) is 7.29. The smallest absolute Gasteiger partial charge is 0.0474 e. The van der Waals surface area contributed by atoms with Crippen molar-refractivity contribution >= 4 is 0 Å². The molecule has 1 fully saturated rings. The van der Waals surface area contributed by atoms with Crippen molar-refractivity contribution in [2.75, 3.05) is 13.2 Å². The largest absolute Gasteiger partial charge is 0.396 e. The molecular formula is C9H19NO. The summed E-state index contributed by atoms with van der Waals surface area (Å²) in [5.41, 5.74) is 5.57. The van der Waals surface area contributed by atoms with Crippen molar-refractivity contribution in [3.63, 3.8) is 0 Å². The molecule has 11 heavy (non-hydrogen) atoms. The molecule has 0 radical (unpaired) electrons. The van der Waals surface area contributed by atoms with E-state index in [4.69, 9.17) is 10.8 Å². The van der Waals surface area contributed by atoms with Gasteiger partial charge in [-0.2, -0.15) is 0 Å². The van der Waals surface area contributed by atoms with Gasteiger partial charge in [0.25, 0.3) is 0 Å². The monoisotopic (exact) mass is 157 g/mol. The van der Waals surface area contributed by atoms with E-state index in [0.29, 0.717) is 18.4 Å². The number of nitrogens with two attached hydrogens (primary N) is 1. The van der Waals surface area contributed by atoms with E-state index in [1.54, 1.807) is 0 Å². The quantitative estimate of drug-likeness (QED) is 0.641. The van der Waals surface area contributed by atoms with Gasteiger partial charge < -0.3 is 10.8 Å². The lowest BCUT2D eigenvalue weighted by molar-refractivity contribution is 0.160. The molecule has 0 spiro atoms.